The molecule has 0 radical (unpaired) electrons. The van der Waals surface area contributed by atoms with Crippen LogP contribution in [0.5, 0.6) is 5.75 Å². The minimum Gasteiger partial charge on any atom is -0.476 e. The van der Waals surface area contributed by atoms with E-state index in [2.05, 4.69) is 36.1 Å². The fourth-order valence-corrected chi connectivity index (χ4v) is 3.87. The fourth-order valence-electron chi connectivity index (χ4n) is 3.87. The first-order valence-electron chi connectivity index (χ1n) is 9.67. The Hall–Kier alpha value is -3.02. The maximum absolute atomic E-state index is 13.1. The average Bonchev–Trinajstić information content (AvgIpc) is 2.72. The van der Waals surface area contributed by atoms with Crippen molar-refractivity contribution >= 4 is 23.2 Å². The van der Waals surface area contributed by atoms with E-state index in [1.54, 1.807) is 11.0 Å². The van der Waals surface area contributed by atoms with Crippen LogP contribution < -0.4 is 14.5 Å². The predicted octanol–water partition coefficient (Wildman–Crippen LogP) is 2.46. The highest BCUT2D eigenvalue weighted by Gasteiger charge is 2.35. The number of aryl methyl sites for hydroxylation is 1. The van der Waals surface area contributed by atoms with E-state index >= 15 is 0 Å². The number of piperazine rings is 1. The van der Waals surface area contributed by atoms with Crippen LogP contribution in [-0.4, -0.2) is 55.5 Å². The van der Waals surface area contributed by atoms with Gasteiger partial charge in [0, 0.05) is 38.8 Å². The lowest BCUT2D eigenvalue weighted by atomic mass is 10.1. The summed E-state index contributed by atoms with van der Waals surface area (Å²) in [6.07, 6.45) is -0.663. The third kappa shape index (κ3) is 3.54. The summed E-state index contributed by atoms with van der Waals surface area (Å²) in [5.41, 5.74) is 3.15. The van der Waals surface area contributed by atoms with Gasteiger partial charge in [-0.1, -0.05) is 24.3 Å². The van der Waals surface area contributed by atoms with Gasteiger partial charge in [-0.15, -0.1) is 0 Å². The molecule has 2 aromatic carbocycles. The Balaban J connectivity index is 1.44. The van der Waals surface area contributed by atoms with Gasteiger partial charge in [-0.05, 0) is 36.8 Å². The van der Waals surface area contributed by atoms with Crippen molar-refractivity contribution in [3.8, 4) is 5.75 Å². The third-order valence-corrected chi connectivity index (χ3v) is 5.39. The zero-order valence-electron chi connectivity index (χ0n) is 16.3. The first-order chi connectivity index (χ1) is 13.5. The summed E-state index contributed by atoms with van der Waals surface area (Å²) in [6.45, 7) is 6.72. The molecule has 2 amide bonds. The highest BCUT2D eigenvalue weighted by molar-refractivity contribution is 5.95. The number of benzene rings is 2. The monoisotopic (exact) mass is 379 g/mol. The maximum atomic E-state index is 13.1. The predicted molar refractivity (Wildman–Crippen MR) is 109 cm³/mol. The van der Waals surface area contributed by atoms with Crippen molar-refractivity contribution in [2.24, 2.45) is 0 Å². The minimum atomic E-state index is -0.663. The number of anilines is 2. The van der Waals surface area contributed by atoms with Crippen molar-refractivity contribution in [2.75, 3.05) is 42.5 Å². The van der Waals surface area contributed by atoms with Gasteiger partial charge in [-0.25, -0.2) is 0 Å². The summed E-state index contributed by atoms with van der Waals surface area (Å²) in [5, 5.41) is 0. The smallest absolute Gasteiger partial charge is 0.265 e. The van der Waals surface area contributed by atoms with E-state index in [9.17, 15) is 9.59 Å². The van der Waals surface area contributed by atoms with Crippen LogP contribution in [0, 0.1) is 6.92 Å². The van der Waals surface area contributed by atoms with E-state index in [0.717, 1.165) is 18.8 Å². The Labute approximate surface area is 165 Å². The summed E-state index contributed by atoms with van der Waals surface area (Å²) >= 11 is 0. The van der Waals surface area contributed by atoms with E-state index < -0.39 is 6.10 Å². The number of para-hydroxylation sites is 2. The number of amides is 2. The van der Waals surface area contributed by atoms with E-state index in [0.29, 0.717) is 18.8 Å². The van der Waals surface area contributed by atoms with Crippen LogP contribution >= 0.6 is 0 Å². The molecule has 0 N–H and O–H groups in total. The first-order valence-corrected chi connectivity index (χ1v) is 9.67. The molecule has 2 heterocycles. The van der Waals surface area contributed by atoms with Crippen LogP contribution in [0.25, 0.3) is 0 Å². The second kappa shape index (κ2) is 7.54. The molecule has 0 bridgehead atoms. The van der Waals surface area contributed by atoms with Gasteiger partial charge in [0.15, 0.2) is 6.10 Å². The Morgan fingerprint density at radius 3 is 2.46 bits per heavy atom. The molecule has 28 heavy (non-hydrogen) atoms. The van der Waals surface area contributed by atoms with Crippen LogP contribution in [0.3, 0.4) is 0 Å². The molecule has 4 rings (SSSR count). The van der Waals surface area contributed by atoms with Gasteiger partial charge in [0.2, 0.25) is 5.91 Å². The minimum absolute atomic E-state index is 0.0513. The second-order valence-corrected chi connectivity index (χ2v) is 7.36. The number of carbonyl (C=O) groups excluding carboxylic acids is 2. The number of hydrogen-bond donors (Lipinski definition) is 0. The van der Waals surface area contributed by atoms with Crippen LogP contribution in [0.4, 0.5) is 11.4 Å². The normalized spacial score (nSPS) is 19.1. The molecule has 2 aromatic rings. The van der Waals surface area contributed by atoms with Crippen molar-refractivity contribution in [1.82, 2.24) is 4.90 Å². The maximum Gasteiger partial charge on any atom is 0.265 e. The number of rotatable bonds is 2. The van der Waals surface area contributed by atoms with Crippen molar-refractivity contribution in [1.29, 1.82) is 0 Å². The number of nitrogens with zero attached hydrogens (tertiary/aromatic N) is 3. The first kappa shape index (κ1) is 18.3. The molecule has 2 aliphatic rings. The van der Waals surface area contributed by atoms with E-state index in [1.807, 2.05) is 23.1 Å². The summed E-state index contributed by atoms with van der Waals surface area (Å²) in [5.74, 6) is 0.447. The largest absolute Gasteiger partial charge is 0.476 e. The number of ether oxygens (including phenoxy) is 1. The van der Waals surface area contributed by atoms with Crippen molar-refractivity contribution in [3.05, 3.63) is 54.1 Å². The molecule has 1 saturated heterocycles. The molecular formula is C22H25N3O3. The molecule has 1 fully saturated rings. The molecule has 0 aromatic heterocycles. The summed E-state index contributed by atoms with van der Waals surface area (Å²) in [4.78, 5) is 30.9. The highest BCUT2D eigenvalue weighted by Crippen LogP contribution is 2.33. The van der Waals surface area contributed by atoms with E-state index in [-0.39, 0.29) is 18.4 Å². The van der Waals surface area contributed by atoms with Crippen LogP contribution in [0.2, 0.25) is 0 Å². The van der Waals surface area contributed by atoms with Crippen molar-refractivity contribution < 1.29 is 14.3 Å². The van der Waals surface area contributed by atoms with E-state index in [1.165, 1.54) is 18.2 Å². The van der Waals surface area contributed by atoms with Crippen molar-refractivity contribution in [3.63, 3.8) is 0 Å². The molecule has 2 aliphatic heterocycles. The number of carbonyl (C=O) groups is 2. The summed E-state index contributed by atoms with van der Waals surface area (Å²) in [6, 6.07) is 15.8. The highest BCUT2D eigenvalue weighted by atomic mass is 16.5. The van der Waals surface area contributed by atoms with Crippen LogP contribution in [0.1, 0.15) is 12.5 Å². The van der Waals surface area contributed by atoms with Gasteiger partial charge in [-0.2, -0.15) is 0 Å². The van der Waals surface area contributed by atoms with Gasteiger partial charge in [0.05, 0.1) is 12.2 Å². The molecule has 0 aliphatic carbocycles. The zero-order valence-corrected chi connectivity index (χ0v) is 16.3. The topological polar surface area (TPSA) is 53.1 Å². The Kier molecular flexibility index (Phi) is 4.94. The second-order valence-electron chi connectivity index (χ2n) is 7.36. The van der Waals surface area contributed by atoms with Gasteiger partial charge in [0.1, 0.15) is 5.75 Å². The Bertz CT molecular complexity index is 890. The summed E-state index contributed by atoms with van der Waals surface area (Å²) < 4.78 is 5.96. The van der Waals surface area contributed by atoms with Crippen LogP contribution in [-0.2, 0) is 9.59 Å². The van der Waals surface area contributed by atoms with Crippen molar-refractivity contribution in [2.45, 2.75) is 20.0 Å². The van der Waals surface area contributed by atoms with Crippen LogP contribution in [0.15, 0.2) is 48.5 Å². The lowest BCUT2D eigenvalue weighted by molar-refractivity contribution is -0.139. The average molecular weight is 379 g/mol. The molecule has 6 nitrogen and oxygen atoms in total. The molecule has 0 spiro atoms. The molecule has 146 valence electrons. The molecule has 0 saturated carbocycles. The zero-order chi connectivity index (χ0) is 19.7. The van der Waals surface area contributed by atoms with Gasteiger partial charge in [0.25, 0.3) is 5.91 Å². The molecule has 6 heteroatoms. The number of fused-ring (bicyclic) bond motifs is 1. The molecular weight excluding hydrogens is 354 g/mol. The molecule has 1 unspecified atom stereocenters. The summed E-state index contributed by atoms with van der Waals surface area (Å²) in [7, 11) is 0. The lowest BCUT2D eigenvalue weighted by Crippen LogP contribution is -2.56. The van der Waals surface area contributed by atoms with Gasteiger partial charge >= 0.3 is 0 Å². The molecule has 1 atom stereocenters. The SMILES string of the molecule is CC(=O)N1CC(C(=O)N2CCN(c3cccc(C)c3)CC2)Oc2ccccc21. The third-order valence-electron chi connectivity index (χ3n) is 5.39. The number of hydrogen-bond acceptors (Lipinski definition) is 4. The van der Waals surface area contributed by atoms with Gasteiger partial charge < -0.3 is 19.4 Å². The lowest BCUT2D eigenvalue weighted by Gasteiger charge is -2.40. The Morgan fingerprint density at radius 2 is 1.75 bits per heavy atom. The quantitative estimate of drug-likeness (QED) is 0.804. The fraction of sp³-hybridized carbons (Fsp3) is 0.364. The van der Waals surface area contributed by atoms with Gasteiger partial charge in [-0.3, -0.25) is 9.59 Å². The van der Waals surface area contributed by atoms with E-state index in [4.69, 9.17) is 4.74 Å². The standard InChI is InChI=1S/C22H25N3O3/c1-16-6-5-7-18(14-16)23-10-12-24(13-11-23)22(27)21-15-25(17(2)26)19-8-3-4-9-20(19)28-21/h3-9,14,21H,10-13,15H2,1-2H3. The Morgan fingerprint density at radius 1 is 1.00 bits per heavy atom.